The van der Waals surface area contributed by atoms with Gasteiger partial charge in [-0.1, -0.05) is 12.2 Å². The van der Waals surface area contributed by atoms with Crippen LogP contribution in [0.3, 0.4) is 0 Å². The fraction of sp³-hybridized carbons (Fsp3) is 0.312. The third-order valence-corrected chi connectivity index (χ3v) is 3.99. The van der Waals surface area contributed by atoms with E-state index in [9.17, 15) is 18.0 Å². The first-order valence-corrected chi connectivity index (χ1v) is 7.40. The van der Waals surface area contributed by atoms with Crippen LogP contribution in [-0.4, -0.2) is 31.8 Å². The zero-order valence-electron chi connectivity index (χ0n) is 12.8. The number of amides is 1. The van der Waals surface area contributed by atoms with Crippen molar-refractivity contribution in [1.29, 1.82) is 0 Å². The first kappa shape index (κ1) is 16.4. The zero-order chi connectivity index (χ0) is 17.4. The molecular weight excluding hydrogens is 323 g/mol. The lowest BCUT2D eigenvalue weighted by atomic mass is 10.1. The number of halogens is 3. The van der Waals surface area contributed by atoms with Gasteiger partial charge in [0.25, 0.3) is 0 Å². The second kappa shape index (κ2) is 6.20. The van der Waals surface area contributed by atoms with Gasteiger partial charge in [0, 0.05) is 25.4 Å². The van der Waals surface area contributed by atoms with Gasteiger partial charge in [-0.3, -0.25) is 4.90 Å². The van der Waals surface area contributed by atoms with E-state index in [1.807, 2.05) is 0 Å². The number of ether oxygens (including phenoxy) is 1. The lowest BCUT2D eigenvalue weighted by molar-refractivity contribution is 0.145. The topological polar surface area (TPSA) is 58.8 Å². The fourth-order valence-corrected chi connectivity index (χ4v) is 2.68. The number of carbonyl (C=O) groups is 1. The Bertz CT molecular complexity index is 736. The van der Waals surface area contributed by atoms with Gasteiger partial charge in [0.1, 0.15) is 11.8 Å². The SMILES string of the molecule is C=C1C=CN(c2c(F)cc(N3CC(CN)OC3=O)c(F)c2F)CC1. The minimum atomic E-state index is -1.36. The molecule has 3 rings (SSSR count). The number of hydrogen-bond acceptors (Lipinski definition) is 4. The lowest BCUT2D eigenvalue weighted by Crippen LogP contribution is -2.29. The van der Waals surface area contributed by atoms with Gasteiger partial charge in [0.05, 0.1) is 12.2 Å². The summed E-state index contributed by atoms with van der Waals surface area (Å²) in [6, 6.07) is 0.797. The maximum Gasteiger partial charge on any atom is 0.414 e. The van der Waals surface area contributed by atoms with Gasteiger partial charge in [0.15, 0.2) is 17.5 Å². The maximum absolute atomic E-state index is 14.4. The molecule has 2 N–H and O–H groups in total. The van der Waals surface area contributed by atoms with Crippen LogP contribution in [0.5, 0.6) is 0 Å². The van der Waals surface area contributed by atoms with Crippen LogP contribution in [0.4, 0.5) is 29.3 Å². The van der Waals surface area contributed by atoms with Gasteiger partial charge in [-0.05, 0) is 12.5 Å². The quantitative estimate of drug-likeness (QED) is 0.860. The molecule has 128 valence electrons. The Labute approximate surface area is 136 Å². The highest BCUT2D eigenvalue weighted by Crippen LogP contribution is 2.35. The summed E-state index contributed by atoms with van der Waals surface area (Å²) >= 11 is 0. The van der Waals surface area contributed by atoms with Crippen molar-refractivity contribution in [3.63, 3.8) is 0 Å². The predicted octanol–water partition coefficient (Wildman–Crippen LogP) is 2.67. The van der Waals surface area contributed by atoms with Crippen LogP contribution in [0.1, 0.15) is 6.42 Å². The summed E-state index contributed by atoms with van der Waals surface area (Å²) in [4.78, 5) is 13.9. The molecule has 1 fully saturated rings. The average Bonchev–Trinajstić information content (AvgIpc) is 2.93. The molecule has 24 heavy (non-hydrogen) atoms. The van der Waals surface area contributed by atoms with Crippen LogP contribution in [0.15, 0.2) is 30.5 Å². The van der Waals surface area contributed by atoms with Gasteiger partial charge in [-0.2, -0.15) is 0 Å². The number of hydrogen-bond donors (Lipinski definition) is 1. The van der Waals surface area contributed by atoms with Crippen molar-refractivity contribution in [3.05, 3.63) is 47.9 Å². The Morgan fingerprint density at radius 1 is 1.33 bits per heavy atom. The van der Waals surface area contributed by atoms with Crippen molar-refractivity contribution in [3.8, 4) is 0 Å². The second-order valence-electron chi connectivity index (χ2n) is 5.62. The van der Waals surface area contributed by atoms with Gasteiger partial charge >= 0.3 is 6.09 Å². The molecule has 1 unspecified atom stereocenters. The van der Waals surface area contributed by atoms with Crippen LogP contribution in [0.25, 0.3) is 0 Å². The zero-order valence-corrected chi connectivity index (χ0v) is 12.8. The van der Waals surface area contributed by atoms with Crippen molar-refractivity contribution >= 4 is 17.5 Å². The number of nitrogens with two attached hydrogens (primary N) is 1. The van der Waals surface area contributed by atoms with E-state index in [2.05, 4.69) is 6.58 Å². The first-order valence-electron chi connectivity index (χ1n) is 7.40. The van der Waals surface area contributed by atoms with Crippen LogP contribution in [-0.2, 0) is 4.74 Å². The molecule has 2 heterocycles. The van der Waals surface area contributed by atoms with Gasteiger partial charge in [-0.25, -0.2) is 18.0 Å². The predicted molar refractivity (Wildman–Crippen MR) is 83.2 cm³/mol. The number of rotatable bonds is 3. The molecule has 1 atom stereocenters. The molecule has 0 bridgehead atoms. The smallest absolute Gasteiger partial charge is 0.414 e. The molecule has 1 saturated heterocycles. The standard InChI is InChI=1S/C16H16F3N3O2/c1-9-2-4-21(5-3-9)15-11(17)6-12(13(18)14(15)19)22-8-10(7-20)24-16(22)23/h2,4,6,10H,1,3,5,7-8,20H2. The summed E-state index contributed by atoms with van der Waals surface area (Å²) in [5, 5.41) is 0. The highest BCUT2D eigenvalue weighted by atomic mass is 19.2. The Balaban J connectivity index is 1.99. The minimum absolute atomic E-state index is 0.0371. The summed E-state index contributed by atoms with van der Waals surface area (Å²) in [5.74, 6) is -3.63. The third kappa shape index (κ3) is 2.73. The second-order valence-corrected chi connectivity index (χ2v) is 5.62. The van der Waals surface area contributed by atoms with E-state index in [4.69, 9.17) is 10.5 Å². The summed E-state index contributed by atoms with van der Waals surface area (Å²) < 4.78 is 48.2. The van der Waals surface area contributed by atoms with Crippen LogP contribution in [0.2, 0.25) is 0 Å². The van der Waals surface area contributed by atoms with Gasteiger partial charge < -0.3 is 15.4 Å². The van der Waals surface area contributed by atoms with Crippen molar-refractivity contribution in [2.24, 2.45) is 5.73 Å². The molecule has 0 spiro atoms. The van der Waals surface area contributed by atoms with E-state index in [0.717, 1.165) is 16.5 Å². The Morgan fingerprint density at radius 2 is 2.08 bits per heavy atom. The van der Waals surface area contributed by atoms with E-state index in [0.29, 0.717) is 6.42 Å². The molecule has 0 saturated carbocycles. The number of anilines is 2. The monoisotopic (exact) mass is 339 g/mol. The van der Waals surface area contributed by atoms with Crippen molar-refractivity contribution in [1.82, 2.24) is 0 Å². The van der Waals surface area contributed by atoms with Crippen LogP contribution >= 0.6 is 0 Å². The van der Waals surface area contributed by atoms with E-state index in [-0.39, 0.29) is 19.6 Å². The highest BCUT2D eigenvalue weighted by Gasteiger charge is 2.35. The molecule has 2 aliphatic heterocycles. The summed E-state index contributed by atoms with van der Waals surface area (Å²) in [7, 11) is 0. The summed E-state index contributed by atoms with van der Waals surface area (Å²) in [6.45, 7) is 4.01. The van der Waals surface area contributed by atoms with Gasteiger partial charge in [0.2, 0.25) is 0 Å². The molecule has 8 heteroatoms. The number of benzene rings is 1. The molecule has 0 radical (unpaired) electrons. The van der Waals surface area contributed by atoms with Crippen molar-refractivity contribution < 1.29 is 22.7 Å². The molecule has 0 aliphatic carbocycles. The molecule has 1 aromatic carbocycles. The van der Waals surface area contributed by atoms with E-state index in [1.165, 1.54) is 11.1 Å². The van der Waals surface area contributed by atoms with E-state index < -0.39 is 41.0 Å². The minimum Gasteiger partial charge on any atom is -0.443 e. The third-order valence-electron chi connectivity index (χ3n) is 3.99. The number of cyclic esters (lactones) is 1. The average molecular weight is 339 g/mol. The van der Waals surface area contributed by atoms with Crippen LogP contribution < -0.4 is 15.5 Å². The summed E-state index contributed by atoms with van der Waals surface area (Å²) in [5.41, 5.74) is 5.22. The highest BCUT2D eigenvalue weighted by molar-refractivity contribution is 5.90. The Hall–Kier alpha value is -2.48. The molecule has 0 aromatic heterocycles. The molecule has 1 aromatic rings. The van der Waals surface area contributed by atoms with Gasteiger partial charge in [-0.15, -0.1) is 0 Å². The van der Waals surface area contributed by atoms with E-state index in [1.54, 1.807) is 6.08 Å². The summed E-state index contributed by atoms with van der Waals surface area (Å²) in [6.07, 6.45) is 2.04. The van der Waals surface area contributed by atoms with Crippen molar-refractivity contribution in [2.45, 2.75) is 12.5 Å². The van der Waals surface area contributed by atoms with Crippen molar-refractivity contribution in [2.75, 3.05) is 29.4 Å². The number of nitrogens with zero attached hydrogens (tertiary/aromatic N) is 2. The number of allylic oxidation sites excluding steroid dienone is 1. The fourth-order valence-electron chi connectivity index (χ4n) is 2.68. The molecule has 2 aliphatic rings. The lowest BCUT2D eigenvalue weighted by Gasteiger charge is -2.26. The number of carbonyl (C=O) groups excluding carboxylic acids is 1. The molecule has 1 amide bonds. The van der Waals surface area contributed by atoms with E-state index >= 15 is 0 Å². The normalized spacial score (nSPS) is 20.8. The maximum atomic E-state index is 14.4. The molecular formula is C16H16F3N3O2. The first-order chi connectivity index (χ1) is 11.4. The largest absolute Gasteiger partial charge is 0.443 e. The Morgan fingerprint density at radius 3 is 2.67 bits per heavy atom. The van der Waals surface area contributed by atoms with Crippen LogP contribution in [0, 0.1) is 17.5 Å². The Kier molecular flexibility index (Phi) is 4.23. The molecule has 5 nitrogen and oxygen atoms in total.